The molecule has 0 aliphatic carbocycles. The number of aromatic nitrogens is 1. The number of para-hydroxylation sites is 2. The molecule has 4 atom stereocenters. The van der Waals surface area contributed by atoms with Crippen LogP contribution in [0.25, 0.3) is 10.6 Å². The first-order valence-electron chi connectivity index (χ1n) is 14.2. The first kappa shape index (κ1) is 31.6. The summed E-state index contributed by atoms with van der Waals surface area (Å²) in [6, 6.07) is 16.3. The van der Waals surface area contributed by atoms with Crippen molar-refractivity contribution in [1.82, 2.24) is 15.2 Å². The Labute approximate surface area is 243 Å². The van der Waals surface area contributed by atoms with Crippen LogP contribution in [0.15, 0.2) is 53.9 Å². The lowest BCUT2D eigenvalue weighted by molar-refractivity contribution is 0.0505. The number of likely N-dealkylation sites (tertiary alicyclic amines) is 1. The second kappa shape index (κ2) is 15.2. The predicted molar refractivity (Wildman–Crippen MR) is 167 cm³/mol. The Morgan fingerprint density at radius 2 is 1.45 bits per heavy atom. The second-order valence-electron chi connectivity index (χ2n) is 10.9. The number of nitrogens with two attached hydrogens (primary N) is 2. The molecule has 0 bridgehead atoms. The summed E-state index contributed by atoms with van der Waals surface area (Å²) >= 11 is 1.47. The van der Waals surface area contributed by atoms with E-state index in [1.807, 2.05) is 34.5 Å². The third-order valence-electron chi connectivity index (χ3n) is 7.46. The van der Waals surface area contributed by atoms with Crippen LogP contribution >= 0.6 is 11.3 Å². The number of piperidine rings is 2. The van der Waals surface area contributed by atoms with E-state index >= 15 is 0 Å². The molecule has 1 amide bonds. The molecule has 0 saturated carbocycles. The molecule has 40 heavy (non-hydrogen) atoms. The summed E-state index contributed by atoms with van der Waals surface area (Å²) in [5.74, 6) is 0.0386. The van der Waals surface area contributed by atoms with E-state index in [0.29, 0.717) is 22.5 Å². The van der Waals surface area contributed by atoms with Crippen LogP contribution in [-0.2, 0) is 0 Å². The molecule has 2 fully saturated rings. The van der Waals surface area contributed by atoms with Gasteiger partial charge in [0.2, 0.25) is 0 Å². The van der Waals surface area contributed by atoms with Gasteiger partial charge in [-0.15, -0.1) is 11.3 Å². The van der Waals surface area contributed by atoms with Gasteiger partial charge in [-0.1, -0.05) is 36.8 Å². The number of nitrogen functional groups attached to an aromatic ring is 2. The van der Waals surface area contributed by atoms with E-state index in [1.165, 1.54) is 37.0 Å². The minimum Gasteiger partial charge on any atom is -0.423 e. The molecule has 1 aromatic heterocycles. The van der Waals surface area contributed by atoms with Gasteiger partial charge in [0.05, 0.1) is 0 Å². The predicted octanol–water partition coefficient (Wildman–Crippen LogP) is 4.28. The van der Waals surface area contributed by atoms with Gasteiger partial charge in [-0.05, 0) is 78.0 Å². The SMILES string of the molecule is CC1CCCC(C)N1.CC1CCCC(C)N1C(=O)c1csc(-c2ccccc2N)n1.Nc1ccccc1B(O)O. The summed E-state index contributed by atoms with van der Waals surface area (Å²) in [7, 11) is -1.47. The molecule has 2 aliphatic heterocycles. The number of rotatable bonds is 3. The molecule has 216 valence electrons. The molecule has 8 nitrogen and oxygen atoms in total. The van der Waals surface area contributed by atoms with Gasteiger partial charge >= 0.3 is 7.12 Å². The standard InChI is InChI=1S/C17H21N3OS.C7H15N.C6H8BNO2/c1-11-6-5-7-12(2)20(11)17(21)15-10-22-16(19-15)13-8-3-4-9-14(13)18;1-6-4-3-5-7(2)8-6;8-6-4-2-1-3-5(6)7(9)10/h3-4,8-12H,5-7,18H2,1-2H3;6-8H,3-5H2,1-2H3;1-4,9-10H,8H2. The Hall–Kier alpha value is -2.92. The normalized spacial score (nSPS) is 22.3. The third kappa shape index (κ3) is 8.79. The summed E-state index contributed by atoms with van der Waals surface area (Å²) in [4.78, 5) is 19.3. The zero-order valence-electron chi connectivity index (χ0n) is 24.1. The van der Waals surface area contributed by atoms with Crippen LogP contribution in [0.5, 0.6) is 0 Å². The Morgan fingerprint density at radius 3 is 1.95 bits per heavy atom. The maximum absolute atomic E-state index is 12.8. The molecule has 0 spiro atoms. The van der Waals surface area contributed by atoms with Crippen LogP contribution in [0.4, 0.5) is 11.4 Å². The molecule has 5 rings (SSSR count). The summed E-state index contributed by atoms with van der Waals surface area (Å²) in [5, 5.41) is 23.5. The lowest BCUT2D eigenvalue weighted by Gasteiger charge is -2.38. The van der Waals surface area contributed by atoms with E-state index in [0.717, 1.165) is 35.5 Å². The Balaban J connectivity index is 0.000000201. The van der Waals surface area contributed by atoms with Crippen LogP contribution in [-0.4, -0.2) is 57.1 Å². The van der Waals surface area contributed by atoms with Crippen molar-refractivity contribution in [1.29, 1.82) is 0 Å². The quantitative estimate of drug-likeness (QED) is 0.236. The van der Waals surface area contributed by atoms with Crippen molar-refractivity contribution in [3.05, 3.63) is 59.6 Å². The molecular weight excluding hydrogens is 521 g/mol. The zero-order chi connectivity index (χ0) is 29.2. The van der Waals surface area contributed by atoms with Crippen LogP contribution in [0.3, 0.4) is 0 Å². The van der Waals surface area contributed by atoms with Gasteiger partial charge in [0.25, 0.3) is 5.91 Å². The average molecular weight is 566 g/mol. The number of benzene rings is 2. The number of anilines is 2. The van der Waals surface area contributed by atoms with Gasteiger partial charge < -0.3 is 31.7 Å². The summed E-state index contributed by atoms with van der Waals surface area (Å²) in [5.41, 5.74) is 14.3. The number of thiazole rings is 1. The smallest absolute Gasteiger partial charge is 0.423 e. The molecule has 0 radical (unpaired) electrons. The van der Waals surface area contributed by atoms with Gasteiger partial charge in [0, 0.05) is 51.9 Å². The Kier molecular flexibility index (Phi) is 12.0. The molecule has 7 N–H and O–H groups in total. The minimum absolute atomic E-state index is 0.0386. The fourth-order valence-electron chi connectivity index (χ4n) is 5.27. The number of amides is 1. The number of hydrogen-bond acceptors (Lipinski definition) is 8. The third-order valence-corrected chi connectivity index (χ3v) is 8.34. The highest BCUT2D eigenvalue weighted by Gasteiger charge is 2.31. The fraction of sp³-hybridized carbons (Fsp3) is 0.467. The topological polar surface area (TPSA) is 138 Å². The molecular formula is C30H44BN5O3S. The van der Waals surface area contributed by atoms with Crippen LogP contribution < -0.4 is 22.2 Å². The van der Waals surface area contributed by atoms with Crippen molar-refractivity contribution in [2.45, 2.75) is 90.4 Å². The van der Waals surface area contributed by atoms with Crippen molar-refractivity contribution in [3.63, 3.8) is 0 Å². The molecule has 2 aliphatic rings. The highest BCUT2D eigenvalue weighted by Crippen LogP contribution is 2.30. The number of carbonyl (C=O) groups is 1. The summed E-state index contributed by atoms with van der Waals surface area (Å²) in [6.45, 7) is 8.76. The van der Waals surface area contributed by atoms with Crippen LogP contribution in [0.1, 0.15) is 76.7 Å². The van der Waals surface area contributed by atoms with Crippen LogP contribution in [0.2, 0.25) is 0 Å². The highest BCUT2D eigenvalue weighted by atomic mass is 32.1. The second-order valence-corrected chi connectivity index (χ2v) is 11.7. The highest BCUT2D eigenvalue weighted by molar-refractivity contribution is 7.13. The molecule has 4 unspecified atom stereocenters. The first-order chi connectivity index (χ1) is 19.1. The average Bonchev–Trinajstić information content (AvgIpc) is 3.40. The van der Waals surface area contributed by atoms with Crippen molar-refractivity contribution in [3.8, 4) is 10.6 Å². The van der Waals surface area contributed by atoms with Gasteiger partial charge in [-0.25, -0.2) is 4.98 Å². The van der Waals surface area contributed by atoms with E-state index in [9.17, 15) is 4.79 Å². The number of nitrogens with zero attached hydrogens (tertiary/aromatic N) is 2. The van der Waals surface area contributed by atoms with Crippen molar-refractivity contribution in [2.24, 2.45) is 0 Å². The lowest BCUT2D eigenvalue weighted by Crippen LogP contribution is -2.47. The number of carbonyl (C=O) groups excluding carboxylic acids is 1. The van der Waals surface area contributed by atoms with Gasteiger partial charge in [0.15, 0.2) is 0 Å². The summed E-state index contributed by atoms with van der Waals surface area (Å²) < 4.78 is 0. The monoisotopic (exact) mass is 565 g/mol. The summed E-state index contributed by atoms with van der Waals surface area (Å²) in [6.07, 6.45) is 7.47. The molecule has 3 heterocycles. The fourth-order valence-corrected chi connectivity index (χ4v) is 6.11. The van der Waals surface area contributed by atoms with E-state index in [4.69, 9.17) is 21.5 Å². The number of hydrogen-bond donors (Lipinski definition) is 5. The maximum atomic E-state index is 12.8. The first-order valence-corrected chi connectivity index (χ1v) is 15.1. The van der Waals surface area contributed by atoms with E-state index in [2.05, 4.69) is 38.0 Å². The van der Waals surface area contributed by atoms with E-state index in [-0.39, 0.29) is 18.0 Å². The van der Waals surface area contributed by atoms with E-state index in [1.54, 1.807) is 24.3 Å². The van der Waals surface area contributed by atoms with Crippen molar-refractivity contribution >= 4 is 41.2 Å². The molecule has 10 heteroatoms. The van der Waals surface area contributed by atoms with Crippen molar-refractivity contribution < 1.29 is 14.8 Å². The number of nitrogens with one attached hydrogen (secondary N) is 1. The van der Waals surface area contributed by atoms with E-state index < -0.39 is 7.12 Å². The Bertz CT molecular complexity index is 1210. The Morgan fingerprint density at radius 1 is 0.900 bits per heavy atom. The molecule has 2 aromatic carbocycles. The largest absolute Gasteiger partial charge is 0.490 e. The maximum Gasteiger partial charge on any atom is 0.490 e. The van der Waals surface area contributed by atoms with Crippen molar-refractivity contribution in [2.75, 3.05) is 11.5 Å². The zero-order valence-corrected chi connectivity index (χ0v) is 24.9. The van der Waals surface area contributed by atoms with Gasteiger partial charge in [-0.3, -0.25) is 4.79 Å². The van der Waals surface area contributed by atoms with Gasteiger partial charge in [0.1, 0.15) is 10.7 Å². The van der Waals surface area contributed by atoms with Gasteiger partial charge in [-0.2, -0.15) is 0 Å². The molecule has 3 aromatic rings. The minimum atomic E-state index is -1.47. The lowest BCUT2D eigenvalue weighted by atomic mass is 9.79. The molecule has 2 saturated heterocycles. The van der Waals surface area contributed by atoms with Crippen LogP contribution in [0, 0.1) is 0 Å².